The SMILES string of the molecule is C[C@H](NS(=O)(=O)c1ccc(N2CCCCC2=O)cc1)c1ccccc1. The lowest BCUT2D eigenvalue weighted by Crippen LogP contribution is -2.35. The lowest BCUT2D eigenvalue weighted by Gasteiger charge is -2.26. The highest BCUT2D eigenvalue weighted by Crippen LogP contribution is 2.23. The van der Waals surface area contributed by atoms with E-state index in [0.717, 1.165) is 24.1 Å². The van der Waals surface area contributed by atoms with Gasteiger partial charge >= 0.3 is 0 Å². The van der Waals surface area contributed by atoms with E-state index >= 15 is 0 Å². The van der Waals surface area contributed by atoms with Gasteiger partial charge in [0.25, 0.3) is 0 Å². The first kappa shape index (κ1) is 17.6. The van der Waals surface area contributed by atoms with Crippen LogP contribution in [0.5, 0.6) is 0 Å². The summed E-state index contributed by atoms with van der Waals surface area (Å²) in [4.78, 5) is 13.9. The number of anilines is 1. The second-order valence-corrected chi connectivity index (χ2v) is 7.96. The number of hydrogen-bond acceptors (Lipinski definition) is 3. The Bertz CT molecular complexity index is 833. The molecule has 0 radical (unpaired) electrons. The largest absolute Gasteiger partial charge is 0.312 e. The standard InChI is InChI=1S/C19H22N2O3S/c1-15(16-7-3-2-4-8-16)20-25(23,24)18-12-10-17(11-13-18)21-14-6-5-9-19(21)22/h2-4,7-8,10-13,15,20H,5-6,9,14H2,1H3/t15-/m0/s1. The fraction of sp³-hybridized carbons (Fsp3) is 0.316. The van der Waals surface area contributed by atoms with Crippen LogP contribution in [0.4, 0.5) is 5.69 Å². The fourth-order valence-electron chi connectivity index (χ4n) is 2.99. The first-order valence-corrected chi connectivity index (χ1v) is 9.93. The quantitative estimate of drug-likeness (QED) is 0.892. The van der Waals surface area contributed by atoms with Crippen molar-refractivity contribution in [3.05, 3.63) is 60.2 Å². The van der Waals surface area contributed by atoms with E-state index in [-0.39, 0.29) is 16.8 Å². The van der Waals surface area contributed by atoms with Crippen LogP contribution in [-0.2, 0) is 14.8 Å². The average Bonchev–Trinajstić information content (AvgIpc) is 2.63. The number of amides is 1. The summed E-state index contributed by atoms with van der Waals surface area (Å²) >= 11 is 0. The molecule has 25 heavy (non-hydrogen) atoms. The molecule has 1 saturated heterocycles. The molecule has 0 saturated carbocycles. The van der Waals surface area contributed by atoms with Gasteiger partial charge in [0.1, 0.15) is 0 Å². The van der Waals surface area contributed by atoms with Crippen LogP contribution < -0.4 is 9.62 Å². The number of carbonyl (C=O) groups is 1. The minimum absolute atomic E-state index is 0.0951. The molecule has 5 nitrogen and oxygen atoms in total. The molecule has 6 heteroatoms. The summed E-state index contributed by atoms with van der Waals surface area (Å²) in [6.45, 7) is 2.50. The Hall–Kier alpha value is -2.18. The molecule has 1 fully saturated rings. The van der Waals surface area contributed by atoms with Gasteiger partial charge in [-0.3, -0.25) is 4.79 Å². The van der Waals surface area contributed by atoms with Crippen molar-refractivity contribution in [3.63, 3.8) is 0 Å². The van der Waals surface area contributed by atoms with Crippen molar-refractivity contribution in [2.45, 2.75) is 37.1 Å². The molecule has 1 aliphatic rings. The lowest BCUT2D eigenvalue weighted by atomic mass is 10.1. The summed E-state index contributed by atoms with van der Waals surface area (Å²) < 4.78 is 27.8. The topological polar surface area (TPSA) is 66.5 Å². The molecule has 0 unspecified atom stereocenters. The van der Waals surface area contributed by atoms with E-state index in [1.54, 1.807) is 29.2 Å². The molecule has 0 aliphatic carbocycles. The first-order chi connectivity index (χ1) is 12.0. The zero-order valence-electron chi connectivity index (χ0n) is 14.2. The number of sulfonamides is 1. The molecule has 1 heterocycles. The van der Waals surface area contributed by atoms with Gasteiger partial charge in [-0.2, -0.15) is 0 Å². The third-order valence-corrected chi connectivity index (χ3v) is 5.97. The zero-order chi connectivity index (χ0) is 17.9. The second kappa shape index (κ2) is 7.37. The van der Waals surface area contributed by atoms with Crippen LogP contribution in [0.2, 0.25) is 0 Å². The van der Waals surface area contributed by atoms with Crippen molar-refractivity contribution in [2.75, 3.05) is 11.4 Å². The fourth-order valence-corrected chi connectivity index (χ4v) is 4.23. The molecule has 0 aromatic heterocycles. The van der Waals surface area contributed by atoms with Crippen LogP contribution >= 0.6 is 0 Å². The van der Waals surface area contributed by atoms with Gasteiger partial charge in [-0.15, -0.1) is 0 Å². The van der Waals surface area contributed by atoms with Crippen molar-refractivity contribution in [3.8, 4) is 0 Å². The third-order valence-electron chi connectivity index (χ3n) is 4.41. The minimum atomic E-state index is -3.62. The molecule has 1 atom stereocenters. The maximum atomic E-state index is 12.6. The van der Waals surface area contributed by atoms with E-state index in [1.165, 1.54) is 0 Å². The van der Waals surface area contributed by atoms with Gasteiger partial charge in [0.15, 0.2) is 0 Å². The maximum Gasteiger partial charge on any atom is 0.241 e. The van der Waals surface area contributed by atoms with Gasteiger partial charge in [-0.25, -0.2) is 13.1 Å². The first-order valence-electron chi connectivity index (χ1n) is 8.45. The molecule has 1 aliphatic heterocycles. The molecule has 0 bridgehead atoms. The van der Waals surface area contributed by atoms with Crippen molar-refractivity contribution < 1.29 is 13.2 Å². The smallest absolute Gasteiger partial charge is 0.241 e. The minimum Gasteiger partial charge on any atom is -0.312 e. The highest BCUT2D eigenvalue weighted by atomic mass is 32.2. The van der Waals surface area contributed by atoms with Gasteiger partial charge in [0, 0.05) is 24.7 Å². The van der Waals surface area contributed by atoms with E-state index in [2.05, 4.69) is 4.72 Å². The number of carbonyl (C=O) groups excluding carboxylic acids is 1. The van der Waals surface area contributed by atoms with E-state index in [9.17, 15) is 13.2 Å². The average molecular weight is 358 g/mol. The lowest BCUT2D eigenvalue weighted by molar-refractivity contribution is -0.119. The molecule has 2 aromatic rings. The monoisotopic (exact) mass is 358 g/mol. The predicted molar refractivity (Wildman–Crippen MR) is 97.8 cm³/mol. The zero-order valence-corrected chi connectivity index (χ0v) is 15.0. The van der Waals surface area contributed by atoms with Crippen LogP contribution in [0, 0.1) is 0 Å². The normalized spacial score (nSPS) is 16.7. The van der Waals surface area contributed by atoms with Crippen LogP contribution in [0.25, 0.3) is 0 Å². The Morgan fingerprint density at radius 1 is 1.00 bits per heavy atom. The number of nitrogens with zero attached hydrogens (tertiary/aromatic N) is 1. The number of rotatable bonds is 5. The van der Waals surface area contributed by atoms with Crippen LogP contribution in [0.1, 0.15) is 37.8 Å². The number of piperidine rings is 1. The Kier molecular flexibility index (Phi) is 5.20. The van der Waals surface area contributed by atoms with Crippen molar-refractivity contribution in [1.29, 1.82) is 0 Å². The van der Waals surface area contributed by atoms with E-state index < -0.39 is 10.0 Å². The van der Waals surface area contributed by atoms with E-state index in [0.29, 0.717) is 13.0 Å². The number of nitrogens with one attached hydrogen (secondary N) is 1. The van der Waals surface area contributed by atoms with Gasteiger partial charge in [0.2, 0.25) is 15.9 Å². The van der Waals surface area contributed by atoms with Crippen LogP contribution in [-0.4, -0.2) is 20.9 Å². The summed E-state index contributed by atoms with van der Waals surface area (Å²) in [7, 11) is -3.62. The van der Waals surface area contributed by atoms with Crippen molar-refractivity contribution >= 4 is 21.6 Å². The van der Waals surface area contributed by atoms with Gasteiger partial charge in [-0.05, 0) is 49.6 Å². The highest BCUT2D eigenvalue weighted by molar-refractivity contribution is 7.89. The van der Waals surface area contributed by atoms with Crippen molar-refractivity contribution in [1.82, 2.24) is 4.72 Å². The molecule has 132 valence electrons. The van der Waals surface area contributed by atoms with Gasteiger partial charge in [-0.1, -0.05) is 30.3 Å². The number of hydrogen-bond donors (Lipinski definition) is 1. The number of benzene rings is 2. The predicted octanol–water partition coefficient (Wildman–Crippen LogP) is 3.24. The molecular weight excluding hydrogens is 336 g/mol. The Morgan fingerprint density at radius 2 is 1.68 bits per heavy atom. The Labute approximate surface area is 148 Å². The summed E-state index contributed by atoms with van der Waals surface area (Å²) in [5, 5.41) is 0. The summed E-state index contributed by atoms with van der Waals surface area (Å²) in [6.07, 6.45) is 2.45. The Morgan fingerprint density at radius 3 is 2.32 bits per heavy atom. The summed E-state index contributed by atoms with van der Waals surface area (Å²) in [6, 6.07) is 15.6. The highest BCUT2D eigenvalue weighted by Gasteiger charge is 2.22. The molecule has 0 spiro atoms. The Balaban J connectivity index is 1.75. The summed E-state index contributed by atoms with van der Waals surface area (Å²) in [5.74, 6) is 0.0951. The molecule has 1 amide bonds. The molecule has 3 rings (SSSR count). The van der Waals surface area contributed by atoms with E-state index in [1.807, 2.05) is 37.3 Å². The summed E-state index contributed by atoms with van der Waals surface area (Å²) in [5.41, 5.74) is 1.65. The van der Waals surface area contributed by atoms with Crippen LogP contribution in [0.15, 0.2) is 59.5 Å². The second-order valence-electron chi connectivity index (χ2n) is 6.25. The van der Waals surface area contributed by atoms with Gasteiger partial charge in [0.05, 0.1) is 4.90 Å². The third kappa shape index (κ3) is 4.08. The molecule has 1 N–H and O–H groups in total. The molecule has 2 aromatic carbocycles. The van der Waals surface area contributed by atoms with Gasteiger partial charge < -0.3 is 4.90 Å². The van der Waals surface area contributed by atoms with E-state index in [4.69, 9.17) is 0 Å². The molecular formula is C19H22N2O3S. The van der Waals surface area contributed by atoms with Crippen molar-refractivity contribution in [2.24, 2.45) is 0 Å². The van der Waals surface area contributed by atoms with Crippen LogP contribution in [0.3, 0.4) is 0 Å². The maximum absolute atomic E-state index is 12.6.